The molecular weight excluding hydrogens is 305 g/mol. The van der Waals surface area contributed by atoms with Crippen molar-refractivity contribution in [3.8, 4) is 11.4 Å². The number of halogens is 1. The van der Waals surface area contributed by atoms with Crippen LogP contribution >= 0.6 is 0 Å². The van der Waals surface area contributed by atoms with Gasteiger partial charge < -0.3 is 5.32 Å². The molecule has 0 radical (unpaired) electrons. The van der Waals surface area contributed by atoms with Crippen LogP contribution in [0.4, 0.5) is 15.9 Å². The number of pyridine rings is 2. The Morgan fingerprint density at radius 1 is 0.833 bits per heavy atom. The fourth-order valence-corrected chi connectivity index (χ4v) is 2.40. The summed E-state index contributed by atoms with van der Waals surface area (Å²) in [6.07, 6.45) is 6.67. The summed E-state index contributed by atoms with van der Waals surface area (Å²) in [6.45, 7) is 0. The van der Waals surface area contributed by atoms with Crippen molar-refractivity contribution in [3.63, 3.8) is 0 Å². The number of rotatable bonds is 3. The molecule has 5 nitrogen and oxygen atoms in total. The molecular formula is C18H12FN5. The third-order valence-corrected chi connectivity index (χ3v) is 3.56. The molecule has 1 aromatic carbocycles. The van der Waals surface area contributed by atoms with Gasteiger partial charge >= 0.3 is 0 Å². The maximum absolute atomic E-state index is 14.0. The first kappa shape index (κ1) is 14.2. The van der Waals surface area contributed by atoms with E-state index in [1.165, 1.54) is 6.07 Å². The van der Waals surface area contributed by atoms with E-state index in [-0.39, 0.29) is 5.82 Å². The zero-order valence-corrected chi connectivity index (χ0v) is 12.5. The molecule has 0 amide bonds. The Kier molecular flexibility index (Phi) is 3.55. The highest BCUT2D eigenvalue weighted by molar-refractivity contribution is 5.91. The predicted molar refractivity (Wildman–Crippen MR) is 90.2 cm³/mol. The van der Waals surface area contributed by atoms with Gasteiger partial charge in [0.05, 0.1) is 17.4 Å². The Morgan fingerprint density at radius 2 is 1.62 bits per heavy atom. The highest BCUT2D eigenvalue weighted by atomic mass is 19.1. The lowest BCUT2D eigenvalue weighted by Crippen LogP contribution is -2.01. The van der Waals surface area contributed by atoms with Crippen molar-refractivity contribution < 1.29 is 4.39 Å². The SMILES string of the molecule is Fc1ccccc1Nc1nc(-c2ccncc2)nc2cnccc12. The Labute approximate surface area is 137 Å². The molecule has 0 bridgehead atoms. The normalized spacial score (nSPS) is 10.7. The number of aromatic nitrogens is 4. The van der Waals surface area contributed by atoms with Crippen LogP contribution in [0.1, 0.15) is 0 Å². The first-order valence-corrected chi connectivity index (χ1v) is 7.35. The summed E-state index contributed by atoms with van der Waals surface area (Å²) in [4.78, 5) is 17.2. The number of anilines is 2. The molecule has 6 heteroatoms. The zero-order valence-electron chi connectivity index (χ0n) is 12.5. The maximum atomic E-state index is 14.0. The minimum atomic E-state index is -0.344. The summed E-state index contributed by atoms with van der Waals surface area (Å²) < 4.78 is 14.0. The van der Waals surface area contributed by atoms with Gasteiger partial charge in [-0.1, -0.05) is 12.1 Å². The molecule has 1 N–H and O–H groups in total. The van der Waals surface area contributed by atoms with Gasteiger partial charge in [-0.2, -0.15) is 0 Å². The second-order valence-electron chi connectivity index (χ2n) is 5.13. The fraction of sp³-hybridized carbons (Fsp3) is 0. The number of fused-ring (bicyclic) bond motifs is 1. The average Bonchev–Trinajstić information content (AvgIpc) is 2.64. The number of nitrogens with one attached hydrogen (secondary N) is 1. The number of nitrogens with zero attached hydrogens (tertiary/aromatic N) is 4. The van der Waals surface area contributed by atoms with Crippen LogP contribution in [0.5, 0.6) is 0 Å². The molecule has 3 aromatic heterocycles. The highest BCUT2D eigenvalue weighted by Gasteiger charge is 2.11. The number of hydrogen-bond donors (Lipinski definition) is 1. The van der Waals surface area contributed by atoms with Crippen LogP contribution in [-0.2, 0) is 0 Å². The molecule has 0 saturated carbocycles. The quantitative estimate of drug-likeness (QED) is 0.619. The van der Waals surface area contributed by atoms with E-state index in [4.69, 9.17) is 0 Å². The molecule has 0 aliphatic rings. The van der Waals surface area contributed by atoms with Gasteiger partial charge in [0.2, 0.25) is 0 Å². The fourth-order valence-electron chi connectivity index (χ4n) is 2.40. The minimum Gasteiger partial charge on any atom is -0.337 e. The van der Waals surface area contributed by atoms with Crippen LogP contribution in [0.3, 0.4) is 0 Å². The van der Waals surface area contributed by atoms with E-state index < -0.39 is 0 Å². The Morgan fingerprint density at radius 3 is 2.46 bits per heavy atom. The minimum absolute atomic E-state index is 0.344. The van der Waals surface area contributed by atoms with E-state index in [1.807, 2.05) is 12.1 Å². The van der Waals surface area contributed by atoms with Crippen molar-refractivity contribution in [2.24, 2.45) is 0 Å². The van der Waals surface area contributed by atoms with E-state index in [0.717, 1.165) is 10.9 Å². The molecule has 24 heavy (non-hydrogen) atoms. The molecule has 4 aromatic rings. The van der Waals surface area contributed by atoms with Crippen molar-refractivity contribution >= 4 is 22.4 Å². The van der Waals surface area contributed by atoms with Crippen LogP contribution in [0.25, 0.3) is 22.3 Å². The zero-order chi connectivity index (χ0) is 16.4. The van der Waals surface area contributed by atoms with E-state index in [1.54, 1.807) is 49.1 Å². The maximum Gasteiger partial charge on any atom is 0.162 e. The predicted octanol–water partition coefficient (Wildman–Crippen LogP) is 3.97. The van der Waals surface area contributed by atoms with Crippen LogP contribution in [0, 0.1) is 5.82 Å². The lowest BCUT2D eigenvalue weighted by atomic mass is 10.2. The summed E-state index contributed by atoms with van der Waals surface area (Å²) >= 11 is 0. The van der Waals surface area contributed by atoms with Gasteiger partial charge in [0, 0.05) is 29.5 Å². The first-order valence-electron chi connectivity index (χ1n) is 7.35. The standard InChI is InChI=1S/C18H12FN5/c19-14-3-1-2-4-15(14)22-18-13-7-10-21-11-16(13)23-17(24-18)12-5-8-20-9-6-12/h1-11H,(H,22,23,24). The molecule has 0 unspecified atom stereocenters. The third-order valence-electron chi connectivity index (χ3n) is 3.56. The van der Waals surface area contributed by atoms with E-state index >= 15 is 0 Å². The summed E-state index contributed by atoms with van der Waals surface area (Å²) in [7, 11) is 0. The summed E-state index contributed by atoms with van der Waals surface area (Å²) in [5, 5.41) is 3.83. The molecule has 0 aliphatic heterocycles. The Bertz CT molecular complexity index is 1000. The highest BCUT2D eigenvalue weighted by Crippen LogP contribution is 2.27. The molecule has 0 saturated heterocycles. The molecule has 0 atom stereocenters. The van der Waals surface area contributed by atoms with Gasteiger partial charge in [-0.15, -0.1) is 0 Å². The molecule has 0 fully saturated rings. The first-order chi connectivity index (χ1) is 11.8. The number of para-hydroxylation sites is 1. The Hall–Kier alpha value is -3.41. The van der Waals surface area contributed by atoms with Crippen molar-refractivity contribution in [3.05, 3.63) is 73.1 Å². The number of benzene rings is 1. The Balaban J connectivity index is 1.88. The largest absolute Gasteiger partial charge is 0.337 e. The second kappa shape index (κ2) is 6.00. The van der Waals surface area contributed by atoms with Crippen LogP contribution in [0.15, 0.2) is 67.3 Å². The molecule has 0 aliphatic carbocycles. The average molecular weight is 317 g/mol. The van der Waals surface area contributed by atoms with Crippen LogP contribution in [0.2, 0.25) is 0 Å². The van der Waals surface area contributed by atoms with E-state index in [0.29, 0.717) is 22.8 Å². The second-order valence-corrected chi connectivity index (χ2v) is 5.13. The summed E-state index contributed by atoms with van der Waals surface area (Å²) in [5.74, 6) is 0.708. The molecule has 3 heterocycles. The molecule has 0 spiro atoms. The van der Waals surface area contributed by atoms with Crippen molar-refractivity contribution in [2.75, 3.05) is 5.32 Å². The van der Waals surface area contributed by atoms with Crippen LogP contribution < -0.4 is 5.32 Å². The van der Waals surface area contributed by atoms with Crippen molar-refractivity contribution in [1.29, 1.82) is 0 Å². The third kappa shape index (κ3) is 2.65. The number of hydrogen-bond acceptors (Lipinski definition) is 5. The monoisotopic (exact) mass is 317 g/mol. The lowest BCUT2D eigenvalue weighted by molar-refractivity contribution is 0.632. The summed E-state index contributed by atoms with van der Waals surface area (Å²) in [6, 6.07) is 11.9. The molecule has 4 rings (SSSR count). The van der Waals surface area contributed by atoms with Gasteiger partial charge in [0.1, 0.15) is 11.6 Å². The van der Waals surface area contributed by atoms with Gasteiger partial charge in [-0.05, 0) is 30.3 Å². The van der Waals surface area contributed by atoms with Gasteiger partial charge in [0.15, 0.2) is 5.82 Å². The summed E-state index contributed by atoms with van der Waals surface area (Å²) in [5.41, 5.74) is 1.86. The van der Waals surface area contributed by atoms with Gasteiger partial charge in [0.25, 0.3) is 0 Å². The van der Waals surface area contributed by atoms with E-state index in [2.05, 4.69) is 25.3 Å². The smallest absolute Gasteiger partial charge is 0.162 e. The van der Waals surface area contributed by atoms with Gasteiger partial charge in [-0.25, -0.2) is 14.4 Å². The van der Waals surface area contributed by atoms with Gasteiger partial charge in [-0.3, -0.25) is 9.97 Å². The van der Waals surface area contributed by atoms with E-state index in [9.17, 15) is 4.39 Å². The van der Waals surface area contributed by atoms with Crippen molar-refractivity contribution in [2.45, 2.75) is 0 Å². The van der Waals surface area contributed by atoms with Crippen LogP contribution in [-0.4, -0.2) is 19.9 Å². The van der Waals surface area contributed by atoms with Crippen molar-refractivity contribution in [1.82, 2.24) is 19.9 Å². The molecule has 116 valence electrons. The topological polar surface area (TPSA) is 63.6 Å². The lowest BCUT2D eigenvalue weighted by Gasteiger charge is -2.11.